The van der Waals surface area contributed by atoms with Crippen molar-refractivity contribution in [2.45, 2.75) is 32.2 Å². The number of hydrogen-bond acceptors (Lipinski definition) is 2. The maximum absolute atomic E-state index is 5.96. The average molecular weight is 294 g/mol. The zero-order valence-corrected chi connectivity index (χ0v) is 12.8. The van der Waals surface area contributed by atoms with Crippen LogP contribution in [-0.4, -0.2) is 6.54 Å². The third-order valence-electron chi connectivity index (χ3n) is 3.17. The van der Waals surface area contributed by atoms with Crippen LogP contribution in [0.4, 0.5) is 0 Å². The molecule has 1 aromatic heterocycles. The summed E-state index contributed by atoms with van der Waals surface area (Å²) in [7, 11) is 0. The van der Waals surface area contributed by atoms with E-state index < -0.39 is 0 Å². The maximum atomic E-state index is 5.96. The number of aryl methyl sites for hydroxylation is 1. The zero-order chi connectivity index (χ0) is 13.5. The van der Waals surface area contributed by atoms with Gasteiger partial charge in [0.25, 0.3) is 0 Å². The van der Waals surface area contributed by atoms with Crippen molar-refractivity contribution in [3.8, 4) is 0 Å². The van der Waals surface area contributed by atoms with Crippen LogP contribution in [0.3, 0.4) is 0 Å². The first-order valence-electron chi connectivity index (χ1n) is 6.81. The lowest BCUT2D eigenvalue weighted by molar-refractivity contribution is 0.501. The summed E-state index contributed by atoms with van der Waals surface area (Å²) in [6, 6.07) is 13.0. The molecule has 19 heavy (non-hydrogen) atoms. The molecule has 1 unspecified atom stereocenters. The average Bonchev–Trinajstić information content (AvgIpc) is 2.93. The number of benzene rings is 1. The molecule has 0 bridgehead atoms. The molecule has 1 atom stereocenters. The lowest BCUT2D eigenvalue weighted by atomic mass is 10.0. The standard InChI is InChI=1S/C16H20ClNS/c1-2-11-18-16(10-9-15-4-3-12-19-15)13-5-7-14(17)8-6-13/h3-8,12,16,18H,2,9-11H2,1H3. The van der Waals surface area contributed by atoms with E-state index in [9.17, 15) is 0 Å². The molecule has 0 radical (unpaired) electrons. The molecule has 0 saturated carbocycles. The molecule has 102 valence electrons. The minimum absolute atomic E-state index is 0.416. The second-order valence-corrected chi connectivity index (χ2v) is 6.14. The molecule has 0 spiro atoms. The fourth-order valence-corrected chi connectivity index (χ4v) is 2.99. The Morgan fingerprint density at radius 3 is 2.63 bits per heavy atom. The smallest absolute Gasteiger partial charge is 0.0406 e. The van der Waals surface area contributed by atoms with Crippen LogP contribution in [0.15, 0.2) is 41.8 Å². The first-order valence-corrected chi connectivity index (χ1v) is 8.06. The van der Waals surface area contributed by atoms with Crippen molar-refractivity contribution in [2.24, 2.45) is 0 Å². The largest absolute Gasteiger partial charge is 0.310 e. The van der Waals surface area contributed by atoms with Crippen LogP contribution in [0.25, 0.3) is 0 Å². The summed E-state index contributed by atoms with van der Waals surface area (Å²) in [4.78, 5) is 1.46. The Hall–Kier alpha value is -0.830. The Labute approximate surface area is 124 Å². The monoisotopic (exact) mass is 293 g/mol. The molecule has 0 fully saturated rings. The van der Waals surface area contributed by atoms with Crippen LogP contribution >= 0.6 is 22.9 Å². The SMILES string of the molecule is CCCNC(CCc1cccs1)c1ccc(Cl)cc1. The highest BCUT2D eigenvalue weighted by Crippen LogP contribution is 2.22. The Morgan fingerprint density at radius 1 is 1.21 bits per heavy atom. The highest BCUT2D eigenvalue weighted by molar-refractivity contribution is 7.09. The second kappa shape index (κ2) is 7.68. The van der Waals surface area contributed by atoms with Crippen molar-refractivity contribution in [3.05, 3.63) is 57.2 Å². The van der Waals surface area contributed by atoms with Crippen LogP contribution in [-0.2, 0) is 6.42 Å². The predicted octanol–water partition coefficient (Wildman–Crippen LogP) is 5.08. The summed E-state index contributed by atoms with van der Waals surface area (Å²) in [5.41, 5.74) is 1.33. The number of nitrogens with one attached hydrogen (secondary N) is 1. The molecule has 2 aromatic rings. The van der Waals surface area contributed by atoms with Crippen molar-refractivity contribution in [1.82, 2.24) is 5.32 Å². The van der Waals surface area contributed by atoms with E-state index in [0.29, 0.717) is 6.04 Å². The van der Waals surface area contributed by atoms with Gasteiger partial charge in [-0.25, -0.2) is 0 Å². The lowest BCUT2D eigenvalue weighted by Crippen LogP contribution is -2.22. The van der Waals surface area contributed by atoms with Crippen molar-refractivity contribution in [3.63, 3.8) is 0 Å². The summed E-state index contributed by atoms with van der Waals surface area (Å²) in [6.45, 7) is 3.25. The van der Waals surface area contributed by atoms with Gasteiger partial charge in [-0.05, 0) is 54.9 Å². The van der Waals surface area contributed by atoms with Crippen molar-refractivity contribution in [1.29, 1.82) is 0 Å². The van der Waals surface area contributed by atoms with Crippen LogP contribution in [0.5, 0.6) is 0 Å². The van der Waals surface area contributed by atoms with Crippen LogP contribution in [0.1, 0.15) is 36.2 Å². The molecule has 0 aliphatic rings. The highest BCUT2D eigenvalue weighted by Gasteiger charge is 2.10. The molecule has 0 amide bonds. The minimum Gasteiger partial charge on any atom is -0.310 e. The summed E-state index contributed by atoms with van der Waals surface area (Å²) >= 11 is 7.80. The third-order valence-corrected chi connectivity index (χ3v) is 4.36. The van der Waals surface area contributed by atoms with Gasteiger partial charge in [0, 0.05) is 15.9 Å². The molecular formula is C16H20ClNS. The summed E-state index contributed by atoms with van der Waals surface area (Å²) in [6.07, 6.45) is 3.41. The van der Waals surface area contributed by atoms with Crippen molar-refractivity contribution >= 4 is 22.9 Å². The van der Waals surface area contributed by atoms with E-state index in [2.05, 4.69) is 41.9 Å². The van der Waals surface area contributed by atoms with Gasteiger partial charge in [-0.3, -0.25) is 0 Å². The Morgan fingerprint density at radius 2 is 2.00 bits per heavy atom. The Balaban J connectivity index is 2.00. The normalized spacial score (nSPS) is 12.5. The fraction of sp³-hybridized carbons (Fsp3) is 0.375. The minimum atomic E-state index is 0.416. The molecule has 1 nitrogen and oxygen atoms in total. The summed E-state index contributed by atoms with van der Waals surface area (Å²) in [5, 5.41) is 6.58. The highest BCUT2D eigenvalue weighted by atomic mass is 35.5. The molecule has 0 aliphatic heterocycles. The number of thiophene rings is 1. The van der Waals surface area contributed by atoms with Gasteiger partial charge >= 0.3 is 0 Å². The molecule has 1 aromatic carbocycles. The van der Waals surface area contributed by atoms with E-state index in [4.69, 9.17) is 11.6 Å². The van der Waals surface area contributed by atoms with E-state index in [1.165, 1.54) is 10.4 Å². The summed E-state index contributed by atoms with van der Waals surface area (Å²) < 4.78 is 0. The molecule has 0 aliphatic carbocycles. The predicted molar refractivity (Wildman–Crippen MR) is 85.1 cm³/mol. The van der Waals surface area contributed by atoms with E-state index in [1.54, 1.807) is 0 Å². The first kappa shape index (κ1) is 14.6. The zero-order valence-electron chi connectivity index (χ0n) is 11.2. The molecule has 1 N–H and O–H groups in total. The summed E-state index contributed by atoms with van der Waals surface area (Å²) in [5.74, 6) is 0. The van der Waals surface area contributed by atoms with Crippen LogP contribution in [0.2, 0.25) is 5.02 Å². The molecule has 3 heteroatoms. The van der Waals surface area contributed by atoms with Gasteiger partial charge in [-0.1, -0.05) is 36.7 Å². The topological polar surface area (TPSA) is 12.0 Å². The van der Waals surface area contributed by atoms with E-state index in [1.807, 2.05) is 23.5 Å². The molecule has 1 heterocycles. The molecular weight excluding hydrogens is 274 g/mol. The van der Waals surface area contributed by atoms with Crippen molar-refractivity contribution in [2.75, 3.05) is 6.54 Å². The van der Waals surface area contributed by atoms with Gasteiger partial charge in [-0.15, -0.1) is 11.3 Å². The fourth-order valence-electron chi connectivity index (χ4n) is 2.14. The quantitative estimate of drug-likeness (QED) is 0.751. The third kappa shape index (κ3) is 4.64. The number of hydrogen-bond donors (Lipinski definition) is 1. The Kier molecular flexibility index (Phi) is 5.90. The molecule has 0 saturated heterocycles. The van der Waals surface area contributed by atoms with Gasteiger partial charge in [0.15, 0.2) is 0 Å². The van der Waals surface area contributed by atoms with E-state index in [-0.39, 0.29) is 0 Å². The Bertz CT molecular complexity index is 464. The van der Waals surface area contributed by atoms with Crippen molar-refractivity contribution < 1.29 is 0 Å². The van der Waals surface area contributed by atoms with Gasteiger partial charge in [0.1, 0.15) is 0 Å². The van der Waals surface area contributed by atoms with E-state index in [0.717, 1.165) is 30.8 Å². The van der Waals surface area contributed by atoms with Gasteiger partial charge in [0.05, 0.1) is 0 Å². The van der Waals surface area contributed by atoms with Gasteiger partial charge in [0.2, 0.25) is 0 Å². The van der Waals surface area contributed by atoms with Gasteiger partial charge < -0.3 is 5.32 Å². The number of halogens is 1. The number of rotatable bonds is 7. The van der Waals surface area contributed by atoms with E-state index >= 15 is 0 Å². The lowest BCUT2D eigenvalue weighted by Gasteiger charge is -2.19. The second-order valence-electron chi connectivity index (χ2n) is 4.68. The van der Waals surface area contributed by atoms with Crippen LogP contribution in [0, 0.1) is 0 Å². The maximum Gasteiger partial charge on any atom is 0.0406 e. The molecule has 2 rings (SSSR count). The first-order chi connectivity index (χ1) is 9.29. The van der Waals surface area contributed by atoms with Gasteiger partial charge in [-0.2, -0.15) is 0 Å². The van der Waals surface area contributed by atoms with Crippen LogP contribution < -0.4 is 5.32 Å².